The number of halogens is 2. The highest BCUT2D eigenvalue weighted by Gasteiger charge is 2.30. The van der Waals surface area contributed by atoms with Crippen molar-refractivity contribution in [3.8, 4) is 22.7 Å². The van der Waals surface area contributed by atoms with E-state index in [1.165, 1.54) is 12.1 Å². The van der Waals surface area contributed by atoms with Crippen LogP contribution in [-0.4, -0.2) is 52.5 Å². The summed E-state index contributed by atoms with van der Waals surface area (Å²) in [6.07, 6.45) is 1.52. The molecule has 1 aliphatic rings. The van der Waals surface area contributed by atoms with Gasteiger partial charge in [0.05, 0.1) is 41.4 Å². The van der Waals surface area contributed by atoms with Crippen LogP contribution < -0.4 is 15.4 Å². The van der Waals surface area contributed by atoms with Crippen LogP contribution in [0, 0.1) is 11.7 Å². The molecule has 5 rings (SSSR count). The fourth-order valence-electron chi connectivity index (χ4n) is 4.53. The van der Waals surface area contributed by atoms with Crippen molar-refractivity contribution in [2.24, 2.45) is 5.92 Å². The Balaban J connectivity index is 1.65. The fraction of sp³-hybridized carbons (Fsp3) is 0.308. The number of hydrogen-bond donors (Lipinski definition) is 1. The molecule has 0 spiro atoms. The Morgan fingerprint density at radius 2 is 2.00 bits per heavy atom. The first kappa shape index (κ1) is 24.8. The predicted molar refractivity (Wildman–Crippen MR) is 140 cm³/mol. The van der Waals surface area contributed by atoms with Crippen LogP contribution in [0.4, 0.5) is 16.2 Å². The number of carbonyl (C=O) groups excluding carboxylic acids is 1. The number of piperidine rings is 1. The molecule has 1 fully saturated rings. The second-order valence-electron chi connectivity index (χ2n) is 8.73. The molecule has 9 nitrogen and oxygen atoms in total. The summed E-state index contributed by atoms with van der Waals surface area (Å²) in [5.74, 6) is 0.377. The Bertz CT molecular complexity index is 1460. The lowest BCUT2D eigenvalue weighted by Gasteiger charge is -2.31. The summed E-state index contributed by atoms with van der Waals surface area (Å²) in [4.78, 5) is 23.9. The molecular weight excluding hydrogens is 499 g/mol. The molecule has 0 saturated carbocycles. The van der Waals surface area contributed by atoms with Crippen LogP contribution >= 0.6 is 11.6 Å². The van der Waals surface area contributed by atoms with Gasteiger partial charge >= 0.3 is 5.97 Å². The number of fused-ring (bicyclic) bond motifs is 1. The number of ether oxygens (including phenoxy) is 2. The quantitative estimate of drug-likeness (QED) is 0.363. The number of nitrogens with two attached hydrogens (primary N) is 1. The molecule has 1 aliphatic heterocycles. The monoisotopic (exact) mass is 524 g/mol. The van der Waals surface area contributed by atoms with Gasteiger partial charge < -0.3 is 20.1 Å². The largest absolute Gasteiger partial charge is 0.497 e. The standard InChI is InChI=1S/C26H26ClFN6O3/c1-3-37-25(35)16-5-4-12-33(14-16)26-30-22(15-6-11-20(28)19(27)13-15)21-23(29)34(32-24(21)31-26)17-7-9-18(36-2)10-8-17/h6-11,13,16H,3-5,12,14,29H2,1-2H3/t16-/m0/s1. The number of anilines is 2. The van der Waals surface area contributed by atoms with Crippen LogP contribution in [0.15, 0.2) is 42.5 Å². The summed E-state index contributed by atoms with van der Waals surface area (Å²) < 4.78 is 26.0. The molecule has 2 N–H and O–H groups in total. The van der Waals surface area contributed by atoms with E-state index in [1.54, 1.807) is 24.8 Å². The van der Waals surface area contributed by atoms with Gasteiger partial charge in [-0.1, -0.05) is 11.6 Å². The Kier molecular flexibility index (Phi) is 6.84. The molecule has 0 aliphatic carbocycles. The van der Waals surface area contributed by atoms with Crippen molar-refractivity contribution in [1.82, 2.24) is 19.7 Å². The maximum Gasteiger partial charge on any atom is 0.310 e. The summed E-state index contributed by atoms with van der Waals surface area (Å²) in [7, 11) is 1.59. The molecule has 0 radical (unpaired) electrons. The second kappa shape index (κ2) is 10.2. The van der Waals surface area contributed by atoms with Gasteiger partial charge in [-0.05, 0) is 62.2 Å². The van der Waals surface area contributed by atoms with E-state index >= 15 is 0 Å². The molecule has 37 heavy (non-hydrogen) atoms. The lowest BCUT2D eigenvalue weighted by Crippen LogP contribution is -2.40. The van der Waals surface area contributed by atoms with E-state index in [1.807, 2.05) is 29.2 Å². The minimum absolute atomic E-state index is 0.0349. The lowest BCUT2D eigenvalue weighted by molar-refractivity contribution is -0.148. The summed E-state index contributed by atoms with van der Waals surface area (Å²) in [6.45, 7) is 3.21. The van der Waals surface area contributed by atoms with E-state index in [4.69, 9.17) is 36.8 Å². The van der Waals surface area contributed by atoms with Gasteiger partial charge in [-0.3, -0.25) is 4.79 Å². The molecule has 11 heteroatoms. The van der Waals surface area contributed by atoms with Crippen molar-refractivity contribution < 1.29 is 18.7 Å². The number of nitrogens with zero attached hydrogens (tertiary/aromatic N) is 5. The number of benzene rings is 2. The Morgan fingerprint density at radius 3 is 2.70 bits per heavy atom. The first-order valence-corrected chi connectivity index (χ1v) is 12.3. The van der Waals surface area contributed by atoms with Crippen LogP contribution in [-0.2, 0) is 9.53 Å². The zero-order valence-corrected chi connectivity index (χ0v) is 21.2. The molecule has 2 aromatic carbocycles. The molecule has 4 aromatic rings. The van der Waals surface area contributed by atoms with E-state index in [2.05, 4.69) is 5.10 Å². The number of aromatic nitrogens is 4. The third-order valence-electron chi connectivity index (χ3n) is 6.39. The maximum absolute atomic E-state index is 14.0. The summed E-state index contributed by atoms with van der Waals surface area (Å²) in [5, 5.41) is 5.16. The summed E-state index contributed by atoms with van der Waals surface area (Å²) in [5.41, 5.74) is 8.70. The van der Waals surface area contributed by atoms with Gasteiger partial charge in [-0.15, -0.1) is 5.10 Å². The van der Waals surface area contributed by atoms with Crippen molar-refractivity contribution >= 4 is 40.4 Å². The van der Waals surface area contributed by atoms with Crippen LogP contribution in [0.3, 0.4) is 0 Å². The number of esters is 1. The topological polar surface area (TPSA) is 108 Å². The smallest absolute Gasteiger partial charge is 0.310 e. The van der Waals surface area contributed by atoms with Gasteiger partial charge in [0, 0.05) is 18.7 Å². The predicted octanol–water partition coefficient (Wildman–Crippen LogP) is 4.65. The summed E-state index contributed by atoms with van der Waals surface area (Å²) in [6, 6.07) is 11.7. The van der Waals surface area contributed by atoms with Crippen LogP contribution in [0.2, 0.25) is 5.02 Å². The van der Waals surface area contributed by atoms with Crippen molar-refractivity contribution in [2.45, 2.75) is 19.8 Å². The van der Waals surface area contributed by atoms with E-state index in [0.717, 1.165) is 12.8 Å². The molecule has 0 amide bonds. The molecule has 0 unspecified atom stereocenters. The van der Waals surface area contributed by atoms with E-state index in [9.17, 15) is 9.18 Å². The average Bonchev–Trinajstić information content (AvgIpc) is 3.26. The van der Waals surface area contributed by atoms with Gasteiger partial charge in [0.2, 0.25) is 5.95 Å². The molecular formula is C26H26ClFN6O3. The Morgan fingerprint density at radius 1 is 1.22 bits per heavy atom. The van der Waals surface area contributed by atoms with Gasteiger partial charge in [0.25, 0.3) is 0 Å². The van der Waals surface area contributed by atoms with Crippen molar-refractivity contribution in [3.63, 3.8) is 0 Å². The Hall–Kier alpha value is -3.92. The molecule has 2 aromatic heterocycles. The third kappa shape index (κ3) is 4.76. The second-order valence-corrected chi connectivity index (χ2v) is 9.14. The van der Waals surface area contributed by atoms with Crippen molar-refractivity contribution in [1.29, 1.82) is 0 Å². The number of hydrogen-bond acceptors (Lipinski definition) is 8. The van der Waals surface area contributed by atoms with Crippen molar-refractivity contribution in [2.75, 3.05) is 37.4 Å². The third-order valence-corrected chi connectivity index (χ3v) is 6.68. The molecule has 3 heterocycles. The van der Waals surface area contributed by atoms with Gasteiger partial charge in [0.15, 0.2) is 5.65 Å². The maximum atomic E-state index is 14.0. The van der Waals surface area contributed by atoms with Crippen LogP contribution in [0.1, 0.15) is 19.8 Å². The van der Waals surface area contributed by atoms with E-state index < -0.39 is 5.82 Å². The normalized spacial score (nSPS) is 15.7. The molecule has 1 saturated heterocycles. The first-order valence-electron chi connectivity index (χ1n) is 12.0. The Labute approximate surface area is 218 Å². The first-order chi connectivity index (χ1) is 17.9. The van der Waals surface area contributed by atoms with Crippen molar-refractivity contribution in [3.05, 3.63) is 53.3 Å². The number of rotatable bonds is 6. The van der Waals surface area contributed by atoms with Crippen LogP contribution in [0.5, 0.6) is 5.75 Å². The zero-order chi connectivity index (χ0) is 26.1. The highest BCUT2D eigenvalue weighted by Crippen LogP contribution is 2.35. The number of methoxy groups -OCH3 is 1. The zero-order valence-electron chi connectivity index (χ0n) is 20.4. The van der Waals surface area contributed by atoms with Crippen LogP contribution in [0.25, 0.3) is 28.0 Å². The number of nitrogen functional groups attached to an aromatic ring is 1. The SMILES string of the molecule is CCOC(=O)[C@H]1CCCN(c2nc(-c3ccc(F)c(Cl)c3)c3c(N)n(-c4ccc(OC)cc4)nc3n2)C1. The van der Waals surface area contributed by atoms with E-state index in [-0.39, 0.29) is 16.9 Å². The minimum atomic E-state index is -0.536. The minimum Gasteiger partial charge on any atom is -0.497 e. The molecule has 1 atom stereocenters. The summed E-state index contributed by atoms with van der Waals surface area (Å²) >= 11 is 6.11. The van der Waals surface area contributed by atoms with Gasteiger partial charge in [0.1, 0.15) is 17.4 Å². The molecule has 0 bridgehead atoms. The van der Waals surface area contributed by atoms with Gasteiger partial charge in [-0.2, -0.15) is 4.98 Å². The van der Waals surface area contributed by atoms with Gasteiger partial charge in [-0.25, -0.2) is 14.1 Å². The highest BCUT2D eigenvalue weighted by molar-refractivity contribution is 6.31. The lowest BCUT2D eigenvalue weighted by atomic mass is 9.98. The molecule has 192 valence electrons. The van der Waals surface area contributed by atoms with E-state index in [0.29, 0.717) is 65.2 Å². The number of carbonyl (C=O) groups is 1. The fourth-order valence-corrected chi connectivity index (χ4v) is 4.71. The average molecular weight is 525 g/mol. The highest BCUT2D eigenvalue weighted by atomic mass is 35.5.